The first-order valence-corrected chi connectivity index (χ1v) is 47.7. The van der Waals surface area contributed by atoms with Gasteiger partial charge in [0.2, 0.25) is 0 Å². The van der Waals surface area contributed by atoms with Gasteiger partial charge in [-0.05, 0) is 105 Å². The minimum absolute atomic E-state index is 0.968. The summed E-state index contributed by atoms with van der Waals surface area (Å²) in [6.45, 7) is 0. The van der Waals surface area contributed by atoms with Crippen LogP contribution in [0.5, 0.6) is 0 Å². The number of pyridine rings is 5. The van der Waals surface area contributed by atoms with Crippen LogP contribution in [0.3, 0.4) is 0 Å². The Labute approximate surface area is 701 Å². The summed E-state index contributed by atoms with van der Waals surface area (Å²) in [6.07, 6.45) is 7.64. The number of benzene rings is 16. The van der Waals surface area contributed by atoms with Gasteiger partial charge in [0, 0.05) is 108 Å². The fourth-order valence-corrected chi connectivity index (χ4v) is 27.9. The van der Waals surface area contributed by atoms with Crippen molar-refractivity contribution >= 4 is 177 Å². The van der Waals surface area contributed by atoms with Gasteiger partial charge in [0.15, 0.2) is 0 Å². The Morgan fingerprint density at radius 3 is 0.847 bits per heavy atom. The predicted octanol–water partition coefficient (Wildman–Crippen LogP) is 23.7. The van der Waals surface area contributed by atoms with Crippen LogP contribution in [0, 0.1) is 0 Å². The summed E-state index contributed by atoms with van der Waals surface area (Å²) in [6, 6.07) is 142. The highest BCUT2D eigenvalue weighted by Crippen LogP contribution is 2.50. The van der Waals surface area contributed by atoms with E-state index < -0.39 is 18.1 Å². The molecule has 118 heavy (non-hydrogen) atoms. The van der Waals surface area contributed by atoms with E-state index in [9.17, 15) is 0 Å². The van der Waals surface area contributed by atoms with Crippen molar-refractivity contribution in [1.82, 2.24) is 24.9 Å². The zero-order valence-corrected chi connectivity index (χ0v) is 69.2. The van der Waals surface area contributed by atoms with Gasteiger partial charge in [-0.1, -0.05) is 436 Å². The Morgan fingerprint density at radius 2 is 0.458 bits per heavy atom. The van der Waals surface area contributed by atoms with E-state index in [0.29, 0.717) is 0 Å². The molecular weight excluding hydrogens is 1540 g/mol. The summed E-state index contributed by atoms with van der Waals surface area (Å²) >= 11 is 19.7. The number of hydrogen-bond donors (Lipinski definition) is 0. The number of rotatable bonds is 14. The van der Waals surface area contributed by atoms with Crippen molar-refractivity contribution in [2.45, 2.75) is 0 Å². The Morgan fingerprint density at radius 1 is 0.186 bits per heavy atom. The minimum atomic E-state index is -2.27. The standard InChI is InChI=1S/C40H27N2PS.C36H25N2PS.C31H22NPS/c44-43(31-16-6-2-7-17-31,32-18-8-3-9-19-32)33-24-22-29(23-25-33)37-38-34-20-11-10-15-30(34)27-42-40(38)36(28-13-4-1-5-14-28)35-21-12-26-41-39(35)37;40-39(28-14-6-2-7-15-28,29-16-8-3-9-17-29)30-22-20-27(21-23-30)34-32-19-11-24-37-35(32)33(26-12-4-1-5-13-26)31-18-10-25-38-36(31)34;34-33(24-11-3-1-4-12-24,25-13-5-2-6-14-25)26-21-19-23(20-22-26)31-29-17-8-7-15-27(29)28-16-9-10-18-30(28)32-31/h1-27H;1-25H;1-22H. The second-order valence-corrected chi connectivity index (χ2v) is 42.2. The van der Waals surface area contributed by atoms with Gasteiger partial charge >= 0.3 is 0 Å². The van der Waals surface area contributed by atoms with Gasteiger partial charge in [-0.2, -0.15) is 0 Å². The molecule has 0 aliphatic heterocycles. The normalized spacial score (nSPS) is 11.7. The zero-order valence-electron chi connectivity index (χ0n) is 64.0. The fourth-order valence-electron chi connectivity index (χ4n) is 16.7. The van der Waals surface area contributed by atoms with E-state index >= 15 is 0 Å². The van der Waals surface area contributed by atoms with E-state index in [1.807, 2.05) is 79.4 Å². The van der Waals surface area contributed by atoms with E-state index in [-0.39, 0.29) is 0 Å². The Hall–Kier alpha value is -13.0. The lowest BCUT2D eigenvalue weighted by Crippen LogP contribution is -2.24. The fraction of sp³-hybridized carbons (Fsp3) is 0. The van der Waals surface area contributed by atoms with E-state index in [2.05, 4.69) is 370 Å². The van der Waals surface area contributed by atoms with Crippen molar-refractivity contribution in [1.29, 1.82) is 0 Å². The Bertz CT molecular complexity index is 7220. The van der Waals surface area contributed by atoms with E-state index in [0.717, 1.165) is 110 Å². The molecule has 5 heterocycles. The largest absolute Gasteiger partial charge is 0.256 e. The third kappa shape index (κ3) is 13.9. The van der Waals surface area contributed by atoms with Gasteiger partial charge in [-0.3, -0.25) is 19.9 Å². The molecule has 11 heteroatoms. The van der Waals surface area contributed by atoms with Gasteiger partial charge < -0.3 is 0 Å². The third-order valence-electron chi connectivity index (χ3n) is 22.2. The van der Waals surface area contributed by atoms with Gasteiger partial charge in [0.1, 0.15) is 0 Å². The molecule has 0 aliphatic rings. The molecule has 0 saturated heterocycles. The molecule has 0 spiro atoms. The van der Waals surface area contributed by atoms with Gasteiger partial charge in [-0.25, -0.2) is 4.98 Å². The van der Waals surface area contributed by atoms with Crippen LogP contribution in [-0.4, -0.2) is 24.9 Å². The number of nitrogens with zero attached hydrogens (tertiary/aromatic N) is 5. The monoisotopic (exact) mass is 1620 g/mol. The van der Waals surface area contributed by atoms with E-state index in [1.165, 1.54) is 69.3 Å². The molecule has 21 rings (SSSR count). The second-order valence-electron chi connectivity index (χ2n) is 29.0. The molecule has 21 aromatic rings. The Balaban J connectivity index is 0.000000119. The van der Waals surface area contributed by atoms with Crippen LogP contribution in [0.4, 0.5) is 0 Å². The van der Waals surface area contributed by atoms with Gasteiger partial charge in [-0.15, -0.1) is 0 Å². The molecule has 0 radical (unpaired) electrons. The third-order valence-corrected chi connectivity index (χ3v) is 37.1. The van der Waals surface area contributed by atoms with Crippen molar-refractivity contribution in [3.05, 3.63) is 449 Å². The summed E-state index contributed by atoms with van der Waals surface area (Å²) in [5.41, 5.74) is 15.9. The molecule has 16 aromatic carbocycles. The molecule has 0 amide bonds. The highest BCUT2D eigenvalue weighted by molar-refractivity contribution is 8.26. The number of para-hydroxylation sites is 1. The molecule has 0 fully saturated rings. The molecular formula is C107H74N5P3S3. The summed E-state index contributed by atoms with van der Waals surface area (Å²) in [5, 5.41) is 20.9. The van der Waals surface area contributed by atoms with Gasteiger partial charge in [0.25, 0.3) is 0 Å². The molecule has 0 N–H and O–H groups in total. The maximum Gasteiger partial charge on any atom is 0.0800 e. The van der Waals surface area contributed by atoms with Crippen molar-refractivity contribution in [3.8, 4) is 55.8 Å². The molecule has 0 bridgehead atoms. The highest BCUT2D eigenvalue weighted by atomic mass is 32.4. The van der Waals surface area contributed by atoms with E-state index in [4.69, 9.17) is 60.3 Å². The van der Waals surface area contributed by atoms with Crippen molar-refractivity contribution in [2.75, 3.05) is 0 Å². The maximum absolute atomic E-state index is 6.64. The van der Waals surface area contributed by atoms with Crippen LogP contribution in [0.2, 0.25) is 0 Å². The molecule has 0 atom stereocenters. The lowest BCUT2D eigenvalue weighted by molar-refractivity contribution is 1.39. The summed E-state index contributed by atoms with van der Waals surface area (Å²) in [4.78, 5) is 25.0. The minimum Gasteiger partial charge on any atom is -0.256 e. The lowest BCUT2D eigenvalue weighted by Gasteiger charge is -2.24. The first kappa shape index (κ1) is 75.1. The van der Waals surface area contributed by atoms with E-state index in [1.54, 1.807) is 0 Å². The maximum atomic E-state index is 6.64. The van der Waals surface area contributed by atoms with Crippen molar-refractivity contribution in [3.63, 3.8) is 0 Å². The average Bonchev–Trinajstić information content (AvgIpc) is 0.735. The molecule has 0 saturated carbocycles. The van der Waals surface area contributed by atoms with Crippen LogP contribution >= 0.6 is 18.1 Å². The Kier molecular flexibility index (Phi) is 21.0. The predicted molar refractivity (Wildman–Crippen MR) is 516 cm³/mol. The smallest absolute Gasteiger partial charge is 0.0800 e. The van der Waals surface area contributed by atoms with Crippen LogP contribution in [-0.2, 0) is 35.4 Å². The first-order chi connectivity index (χ1) is 58.2. The molecule has 560 valence electrons. The molecule has 5 nitrogen and oxygen atoms in total. The van der Waals surface area contributed by atoms with Crippen LogP contribution in [0.25, 0.3) is 132 Å². The zero-order chi connectivity index (χ0) is 79.4. The van der Waals surface area contributed by atoms with Crippen molar-refractivity contribution < 1.29 is 0 Å². The van der Waals surface area contributed by atoms with Crippen LogP contribution in [0.1, 0.15) is 0 Å². The lowest BCUT2D eigenvalue weighted by atomic mass is 9.88. The molecule has 0 aliphatic carbocycles. The molecule has 5 aromatic heterocycles. The van der Waals surface area contributed by atoms with Crippen LogP contribution in [0.15, 0.2) is 449 Å². The van der Waals surface area contributed by atoms with Gasteiger partial charge in [0.05, 0.1) is 33.3 Å². The number of fused-ring (bicyclic) bond motifs is 9. The summed E-state index contributed by atoms with van der Waals surface area (Å²) in [5.74, 6) is 0. The summed E-state index contributed by atoms with van der Waals surface area (Å²) in [7, 11) is 0. The quantitative estimate of drug-likeness (QED) is 0.0606. The van der Waals surface area contributed by atoms with Crippen molar-refractivity contribution in [2.24, 2.45) is 0 Å². The van der Waals surface area contributed by atoms with Crippen LogP contribution < -0.4 is 47.7 Å². The summed E-state index contributed by atoms with van der Waals surface area (Å²) < 4.78 is 0. The topological polar surface area (TPSA) is 64.5 Å². The highest BCUT2D eigenvalue weighted by Gasteiger charge is 2.30. The molecule has 0 unspecified atom stereocenters. The average molecular weight is 1620 g/mol. The first-order valence-electron chi connectivity index (χ1n) is 39.3. The SMILES string of the molecule is S=P(c1ccccc1)(c1ccccc1)c1ccc(-c2c3cccnc3c(-c3ccccc3)c3cccnc23)cc1.S=P(c1ccccc1)(c1ccccc1)c1ccc(-c2c3ncccc3c(-c3ccccc3)c3ncc4ccccc4c23)cc1.S=P(c1ccccc1)(c1ccccc1)c1ccc(-c2nc3ccccc3c3ccccc23)cc1. The number of hydrogen-bond acceptors (Lipinski definition) is 8. The second kappa shape index (κ2) is 33.0. The number of aromatic nitrogens is 5.